The van der Waals surface area contributed by atoms with Gasteiger partial charge in [-0.25, -0.2) is 14.6 Å². The third-order valence-corrected chi connectivity index (χ3v) is 3.18. The van der Waals surface area contributed by atoms with Gasteiger partial charge in [0.15, 0.2) is 5.69 Å². The number of likely N-dealkylation sites (tertiary alicyclic amines) is 1. The Bertz CT molecular complexity index is 488. The van der Waals surface area contributed by atoms with Crippen molar-refractivity contribution in [1.29, 1.82) is 0 Å². The summed E-state index contributed by atoms with van der Waals surface area (Å²) in [5.74, 6) is -1.07. The largest absolute Gasteiger partial charge is 0.476 e. The molecule has 1 unspecified atom stereocenters. The van der Waals surface area contributed by atoms with Crippen molar-refractivity contribution in [3.05, 3.63) is 18.2 Å². The molecule has 2 heterocycles. The molecule has 0 radical (unpaired) electrons. The average molecular weight is 282 g/mol. The van der Waals surface area contributed by atoms with Crippen molar-refractivity contribution in [2.24, 2.45) is 0 Å². The fraction of sp³-hybridized carbons (Fsp3) is 0.583. The van der Waals surface area contributed by atoms with Crippen LogP contribution in [0.25, 0.3) is 0 Å². The van der Waals surface area contributed by atoms with E-state index in [4.69, 9.17) is 5.11 Å². The van der Waals surface area contributed by atoms with Crippen LogP contribution >= 0.6 is 0 Å². The number of hydrogen-bond acceptors (Lipinski definition) is 4. The summed E-state index contributed by atoms with van der Waals surface area (Å²) in [6.45, 7) is 1.83. The number of urea groups is 1. The molecule has 1 aromatic heterocycles. The van der Waals surface area contributed by atoms with E-state index in [0.717, 1.165) is 12.8 Å². The monoisotopic (exact) mass is 282 g/mol. The number of nitrogens with zero attached hydrogens (tertiary/aromatic N) is 3. The molecule has 3 N–H and O–H groups in total. The highest BCUT2D eigenvalue weighted by Crippen LogP contribution is 2.09. The van der Waals surface area contributed by atoms with Crippen LogP contribution in [-0.4, -0.2) is 62.4 Å². The summed E-state index contributed by atoms with van der Waals surface area (Å²) >= 11 is 0. The Morgan fingerprint density at radius 2 is 2.30 bits per heavy atom. The third kappa shape index (κ3) is 3.70. The van der Waals surface area contributed by atoms with E-state index in [1.807, 2.05) is 0 Å². The normalized spacial score (nSPS) is 18.9. The Kier molecular flexibility index (Phi) is 4.57. The fourth-order valence-electron chi connectivity index (χ4n) is 2.14. The van der Waals surface area contributed by atoms with Crippen LogP contribution in [0.3, 0.4) is 0 Å². The fourth-order valence-corrected chi connectivity index (χ4v) is 2.14. The lowest BCUT2D eigenvalue weighted by molar-refractivity contribution is 0.0691. The third-order valence-electron chi connectivity index (χ3n) is 3.18. The number of piperidine rings is 1. The second kappa shape index (κ2) is 6.38. The summed E-state index contributed by atoms with van der Waals surface area (Å²) in [5.41, 5.74) is -0.0181. The van der Waals surface area contributed by atoms with Crippen LogP contribution in [0.5, 0.6) is 0 Å². The topological polar surface area (TPSA) is 108 Å². The maximum absolute atomic E-state index is 11.8. The number of imidazole rings is 1. The number of carboxylic acid groups (broad SMARTS) is 1. The second-order valence-corrected chi connectivity index (χ2v) is 4.78. The predicted molar refractivity (Wildman–Crippen MR) is 69.4 cm³/mol. The van der Waals surface area contributed by atoms with Gasteiger partial charge in [0.1, 0.15) is 0 Å². The maximum atomic E-state index is 11.8. The average Bonchev–Trinajstić information content (AvgIpc) is 2.87. The summed E-state index contributed by atoms with van der Waals surface area (Å²) in [7, 11) is 0. The molecule has 1 aromatic rings. The number of aliphatic hydroxyl groups excluding tert-OH is 1. The molecular formula is C12H18N4O4. The molecule has 8 heteroatoms. The summed E-state index contributed by atoms with van der Waals surface area (Å²) in [6.07, 6.45) is 3.93. The lowest BCUT2D eigenvalue weighted by Gasteiger charge is -2.30. The van der Waals surface area contributed by atoms with Crippen LogP contribution in [0.2, 0.25) is 0 Å². The molecule has 0 saturated carbocycles. The zero-order valence-electron chi connectivity index (χ0n) is 11.0. The van der Waals surface area contributed by atoms with E-state index in [0.29, 0.717) is 26.2 Å². The molecule has 0 spiro atoms. The quantitative estimate of drug-likeness (QED) is 0.705. The summed E-state index contributed by atoms with van der Waals surface area (Å²) in [4.78, 5) is 27.8. The Morgan fingerprint density at radius 1 is 1.50 bits per heavy atom. The molecule has 1 aliphatic rings. The van der Waals surface area contributed by atoms with E-state index in [2.05, 4.69) is 10.3 Å². The Labute approximate surface area is 116 Å². The summed E-state index contributed by atoms with van der Waals surface area (Å²) < 4.78 is 1.61. The van der Waals surface area contributed by atoms with Gasteiger partial charge in [0, 0.05) is 32.4 Å². The number of aromatic nitrogens is 2. The molecule has 2 amide bonds. The molecular weight excluding hydrogens is 264 g/mol. The van der Waals surface area contributed by atoms with Gasteiger partial charge in [0.2, 0.25) is 0 Å². The number of aromatic carboxylic acids is 1. The highest BCUT2D eigenvalue weighted by atomic mass is 16.4. The van der Waals surface area contributed by atoms with Gasteiger partial charge < -0.3 is 25.0 Å². The Balaban J connectivity index is 1.74. The molecule has 0 aromatic carbocycles. The molecule has 110 valence electrons. The van der Waals surface area contributed by atoms with E-state index >= 15 is 0 Å². The van der Waals surface area contributed by atoms with Crippen LogP contribution < -0.4 is 5.32 Å². The van der Waals surface area contributed by atoms with Crippen LogP contribution in [0.15, 0.2) is 12.5 Å². The lowest BCUT2D eigenvalue weighted by atomic mass is 10.1. The molecule has 2 rings (SSSR count). The number of amides is 2. The van der Waals surface area contributed by atoms with Crippen LogP contribution in [0.1, 0.15) is 23.3 Å². The molecule has 1 atom stereocenters. The van der Waals surface area contributed by atoms with Crippen molar-refractivity contribution in [1.82, 2.24) is 19.8 Å². The molecule has 20 heavy (non-hydrogen) atoms. The van der Waals surface area contributed by atoms with Crippen molar-refractivity contribution in [2.75, 3.05) is 19.6 Å². The van der Waals surface area contributed by atoms with Gasteiger partial charge in [-0.1, -0.05) is 0 Å². The van der Waals surface area contributed by atoms with Gasteiger partial charge in [-0.05, 0) is 12.8 Å². The van der Waals surface area contributed by atoms with Gasteiger partial charge >= 0.3 is 12.0 Å². The van der Waals surface area contributed by atoms with E-state index < -0.39 is 12.1 Å². The molecule has 8 nitrogen and oxygen atoms in total. The Hall–Kier alpha value is -2.09. The van der Waals surface area contributed by atoms with E-state index in [-0.39, 0.29) is 11.7 Å². The number of hydrogen-bond donors (Lipinski definition) is 3. The number of carbonyl (C=O) groups excluding carboxylic acids is 1. The minimum Gasteiger partial charge on any atom is -0.476 e. The first-order chi connectivity index (χ1) is 9.56. The minimum absolute atomic E-state index is 0.0181. The Morgan fingerprint density at radius 3 is 2.95 bits per heavy atom. The van der Waals surface area contributed by atoms with Crippen molar-refractivity contribution < 1.29 is 19.8 Å². The van der Waals surface area contributed by atoms with Crippen molar-refractivity contribution in [3.63, 3.8) is 0 Å². The molecule has 1 aliphatic heterocycles. The van der Waals surface area contributed by atoms with Crippen LogP contribution in [0, 0.1) is 0 Å². The molecule has 0 bridgehead atoms. The highest BCUT2D eigenvalue weighted by Gasteiger charge is 2.21. The van der Waals surface area contributed by atoms with Gasteiger partial charge in [-0.15, -0.1) is 0 Å². The van der Waals surface area contributed by atoms with E-state index in [1.165, 1.54) is 12.5 Å². The number of β-amino-alcohol motifs (C(OH)–C–C–N with tert-alkyl or cyclic N) is 1. The van der Waals surface area contributed by atoms with Gasteiger partial charge in [-0.3, -0.25) is 0 Å². The van der Waals surface area contributed by atoms with Crippen LogP contribution in [-0.2, 0) is 6.54 Å². The standard InChI is InChI=1S/C12H18N4O4/c17-9-2-1-4-16(6-9)12(20)13-3-5-15-7-10(11(18)19)14-8-15/h7-9,17H,1-6H2,(H,13,20)(H,18,19). The number of rotatable bonds is 4. The number of carbonyl (C=O) groups is 2. The van der Waals surface area contributed by atoms with E-state index in [9.17, 15) is 14.7 Å². The minimum atomic E-state index is -1.07. The zero-order chi connectivity index (χ0) is 14.5. The highest BCUT2D eigenvalue weighted by molar-refractivity contribution is 5.84. The smallest absolute Gasteiger partial charge is 0.356 e. The first kappa shape index (κ1) is 14.3. The number of nitrogens with one attached hydrogen (secondary N) is 1. The molecule has 0 aliphatic carbocycles. The molecule has 1 fully saturated rings. The van der Waals surface area contributed by atoms with Gasteiger partial charge in [-0.2, -0.15) is 0 Å². The van der Waals surface area contributed by atoms with Crippen molar-refractivity contribution in [2.45, 2.75) is 25.5 Å². The lowest BCUT2D eigenvalue weighted by Crippen LogP contribution is -2.47. The van der Waals surface area contributed by atoms with Crippen LogP contribution in [0.4, 0.5) is 4.79 Å². The van der Waals surface area contributed by atoms with Crippen molar-refractivity contribution in [3.8, 4) is 0 Å². The maximum Gasteiger partial charge on any atom is 0.356 e. The van der Waals surface area contributed by atoms with E-state index in [1.54, 1.807) is 9.47 Å². The first-order valence-corrected chi connectivity index (χ1v) is 6.52. The molecule has 1 saturated heterocycles. The second-order valence-electron chi connectivity index (χ2n) is 4.78. The number of aliphatic hydroxyl groups is 1. The first-order valence-electron chi connectivity index (χ1n) is 6.52. The zero-order valence-corrected chi connectivity index (χ0v) is 11.0. The summed E-state index contributed by atoms with van der Waals surface area (Å²) in [6, 6.07) is -0.206. The SMILES string of the molecule is O=C(O)c1cn(CCNC(=O)N2CCCC(O)C2)cn1. The van der Waals surface area contributed by atoms with Gasteiger partial charge in [0.05, 0.1) is 12.4 Å². The van der Waals surface area contributed by atoms with Crippen molar-refractivity contribution >= 4 is 12.0 Å². The number of carboxylic acids is 1. The van der Waals surface area contributed by atoms with Gasteiger partial charge in [0.25, 0.3) is 0 Å². The summed E-state index contributed by atoms with van der Waals surface area (Å²) in [5, 5.41) is 21.0. The predicted octanol–water partition coefficient (Wildman–Crippen LogP) is -0.252.